The molecule has 5 unspecified atom stereocenters. The molecule has 0 aliphatic carbocycles. The van der Waals surface area contributed by atoms with Crippen LogP contribution in [-0.4, -0.2) is 49.6 Å². The molecule has 180 valence electrons. The third-order valence-electron chi connectivity index (χ3n) is 7.09. The quantitative estimate of drug-likeness (QED) is 0.407. The summed E-state index contributed by atoms with van der Waals surface area (Å²) in [5.41, 5.74) is 1.10. The molecule has 0 aromatic heterocycles. The maximum atomic E-state index is 13.7. The predicted molar refractivity (Wildman–Crippen MR) is 134 cm³/mol. The second-order valence-corrected chi connectivity index (χ2v) is 11.5. The van der Waals surface area contributed by atoms with Gasteiger partial charge in [0.05, 0.1) is 23.6 Å². The summed E-state index contributed by atoms with van der Waals surface area (Å²) < 4.78 is 33.1. The van der Waals surface area contributed by atoms with Crippen molar-refractivity contribution in [2.24, 2.45) is 0 Å². The number of unbranched alkanes of at least 4 members (excludes halogenated alkanes) is 1. The fourth-order valence-electron chi connectivity index (χ4n) is 5.30. The summed E-state index contributed by atoms with van der Waals surface area (Å²) in [4.78, 5) is 0.263. The van der Waals surface area contributed by atoms with Gasteiger partial charge in [-0.2, -0.15) is 0 Å². The Morgan fingerprint density at radius 1 is 1.06 bits per heavy atom. The van der Waals surface area contributed by atoms with Gasteiger partial charge in [-0.25, -0.2) is 8.42 Å². The van der Waals surface area contributed by atoms with Gasteiger partial charge >= 0.3 is 0 Å². The van der Waals surface area contributed by atoms with Gasteiger partial charge in [0.15, 0.2) is 9.84 Å². The zero-order valence-electron chi connectivity index (χ0n) is 19.4. The first-order chi connectivity index (χ1) is 16.5. The fraction of sp³-hybridized carbons (Fsp3) is 0.407. The molecule has 5 rings (SSSR count). The standard InChI is InChI=1S/C27H32N2O4S/c1-2-3-14-33-21-10-12-22(13-11-21)34(31,32)27-25(23-16-24(30)26(27)29-23)28-17-18-8-9-19-6-4-5-7-20(19)15-18/h4-13,15,23-30H,2-3,14,16-17H2,1H3. The Labute approximate surface area is 201 Å². The Kier molecular flexibility index (Phi) is 6.62. The van der Waals surface area contributed by atoms with Gasteiger partial charge in [0, 0.05) is 18.6 Å². The van der Waals surface area contributed by atoms with E-state index >= 15 is 0 Å². The Hall–Kier alpha value is -2.45. The number of nitrogens with one attached hydrogen (secondary N) is 2. The number of hydrogen-bond acceptors (Lipinski definition) is 6. The van der Waals surface area contributed by atoms with E-state index in [-0.39, 0.29) is 17.0 Å². The van der Waals surface area contributed by atoms with Crippen molar-refractivity contribution < 1.29 is 18.3 Å². The van der Waals surface area contributed by atoms with Gasteiger partial charge in [-0.15, -0.1) is 0 Å². The van der Waals surface area contributed by atoms with Crippen LogP contribution >= 0.6 is 0 Å². The van der Waals surface area contributed by atoms with Crippen LogP contribution in [0.5, 0.6) is 5.75 Å². The average molecular weight is 481 g/mol. The van der Waals surface area contributed by atoms with E-state index in [1.54, 1.807) is 24.3 Å². The topological polar surface area (TPSA) is 87.7 Å². The van der Waals surface area contributed by atoms with Gasteiger partial charge in [0.2, 0.25) is 0 Å². The van der Waals surface area contributed by atoms with E-state index in [1.807, 2.05) is 12.1 Å². The van der Waals surface area contributed by atoms with E-state index in [4.69, 9.17) is 4.74 Å². The zero-order chi connectivity index (χ0) is 23.7. The van der Waals surface area contributed by atoms with Crippen LogP contribution in [0.4, 0.5) is 0 Å². The molecule has 3 N–H and O–H groups in total. The lowest BCUT2D eigenvalue weighted by molar-refractivity contribution is 0.137. The number of benzene rings is 3. The number of hydrogen-bond donors (Lipinski definition) is 3. The SMILES string of the molecule is CCCCOc1ccc(S(=O)(=O)C2C3NC(CC3O)C2NCc2ccc3ccccc3c2)cc1. The highest BCUT2D eigenvalue weighted by Crippen LogP contribution is 2.37. The maximum Gasteiger partial charge on any atom is 0.184 e. The Balaban J connectivity index is 1.35. The lowest BCUT2D eigenvalue weighted by Gasteiger charge is -2.32. The molecule has 0 radical (unpaired) electrons. The minimum Gasteiger partial charge on any atom is -0.494 e. The monoisotopic (exact) mass is 480 g/mol. The molecule has 0 spiro atoms. The van der Waals surface area contributed by atoms with Crippen molar-refractivity contribution in [1.82, 2.24) is 10.6 Å². The lowest BCUT2D eigenvalue weighted by atomic mass is 9.92. The summed E-state index contributed by atoms with van der Waals surface area (Å²) >= 11 is 0. The number of aliphatic hydroxyl groups is 1. The van der Waals surface area contributed by atoms with Crippen LogP contribution in [0.25, 0.3) is 10.8 Å². The Morgan fingerprint density at radius 3 is 2.59 bits per heavy atom. The van der Waals surface area contributed by atoms with E-state index in [1.165, 1.54) is 5.39 Å². The van der Waals surface area contributed by atoms with Crippen molar-refractivity contribution in [3.8, 4) is 5.75 Å². The third kappa shape index (κ3) is 4.45. The van der Waals surface area contributed by atoms with Crippen LogP contribution in [0.3, 0.4) is 0 Å². The van der Waals surface area contributed by atoms with Gasteiger partial charge in [0.1, 0.15) is 11.0 Å². The van der Waals surface area contributed by atoms with E-state index in [0.717, 1.165) is 23.8 Å². The molecule has 2 aliphatic rings. The van der Waals surface area contributed by atoms with Crippen LogP contribution in [-0.2, 0) is 16.4 Å². The molecule has 34 heavy (non-hydrogen) atoms. The van der Waals surface area contributed by atoms with Crippen molar-refractivity contribution >= 4 is 20.6 Å². The van der Waals surface area contributed by atoms with E-state index in [2.05, 4.69) is 47.9 Å². The average Bonchev–Trinajstić information content (AvgIpc) is 3.40. The van der Waals surface area contributed by atoms with Gasteiger partial charge in [0.25, 0.3) is 0 Å². The molecular weight excluding hydrogens is 448 g/mol. The van der Waals surface area contributed by atoms with Crippen LogP contribution in [0, 0.1) is 0 Å². The Morgan fingerprint density at radius 2 is 1.82 bits per heavy atom. The number of fused-ring (bicyclic) bond motifs is 3. The molecule has 2 aliphatic heterocycles. The number of rotatable bonds is 9. The molecule has 6 nitrogen and oxygen atoms in total. The number of ether oxygens (including phenoxy) is 1. The second kappa shape index (κ2) is 9.66. The summed E-state index contributed by atoms with van der Waals surface area (Å²) in [6, 6.07) is 20.3. The highest BCUT2D eigenvalue weighted by atomic mass is 32.2. The zero-order valence-corrected chi connectivity index (χ0v) is 20.2. The van der Waals surface area contributed by atoms with Crippen LogP contribution in [0.1, 0.15) is 31.7 Å². The highest BCUT2D eigenvalue weighted by molar-refractivity contribution is 7.92. The molecule has 2 heterocycles. The van der Waals surface area contributed by atoms with E-state index in [9.17, 15) is 13.5 Å². The summed E-state index contributed by atoms with van der Waals surface area (Å²) in [5, 5.41) is 19.0. The molecule has 2 fully saturated rings. The summed E-state index contributed by atoms with van der Waals surface area (Å²) in [5.74, 6) is 0.671. The highest BCUT2D eigenvalue weighted by Gasteiger charge is 2.57. The molecule has 5 atom stereocenters. The van der Waals surface area contributed by atoms with Gasteiger partial charge in [-0.1, -0.05) is 49.7 Å². The summed E-state index contributed by atoms with van der Waals surface area (Å²) in [6.45, 7) is 3.28. The largest absolute Gasteiger partial charge is 0.494 e. The summed E-state index contributed by atoms with van der Waals surface area (Å²) in [6.07, 6.45) is 1.88. The first-order valence-electron chi connectivity index (χ1n) is 12.1. The Bertz CT molecular complexity index is 1240. The molecule has 0 saturated carbocycles. The first kappa shape index (κ1) is 23.3. The maximum absolute atomic E-state index is 13.7. The van der Waals surface area contributed by atoms with Crippen molar-refractivity contribution in [3.63, 3.8) is 0 Å². The predicted octanol–water partition coefficient (Wildman–Crippen LogP) is 3.42. The van der Waals surface area contributed by atoms with Crippen molar-refractivity contribution in [3.05, 3.63) is 72.3 Å². The third-order valence-corrected chi connectivity index (χ3v) is 9.32. The molecule has 7 heteroatoms. The number of sulfone groups is 1. The van der Waals surface area contributed by atoms with Crippen molar-refractivity contribution in [2.75, 3.05) is 6.61 Å². The van der Waals surface area contributed by atoms with Crippen LogP contribution in [0.15, 0.2) is 71.6 Å². The van der Waals surface area contributed by atoms with E-state index < -0.39 is 27.2 Å². The van der Waals surface area contributed by atoms with Gasteiger partial charge < -0.3 is 20.5 Å². The minimum absolute atomic E-state index is 0.0862. The molecule has 0 amide bonds. The van der Waals surface area contributed by atoms with Crippen molar-refractivity contribution in [2.45, 2.75) is 67.1 Å². The first-order valence-corrected chi connectivity index (χ1v) is 13.6. The minimum atomic E-state index is -3.67. The van der Waals surface area contributed by atoms with Gasteiger partial charge in [-0.3, -0.25) is 0 Å². The smallest absolute Gasteiger partial charge is 0.184 e. The lowest BCUT2D eigenvalue weighted by Crippen LogP contribution is -2.54. The van der Waals surface area contributed by atoms with Gasteiger partial charge in [-0.05, 0) is 59.5 Å². The molecular formula is C27H32N2O4S. The molecule has 2 saturated heterocycles. The molecule has 3 aromatic rings. The molecule has 2 bridgehead atoms. The van der Waals surface area contributed by atoms with E-state index in [0.29, 0.717) is 25.3 Å². The second-order valence-electron chi connectivity index (χ2n) is 9.37. The van der Waals surface area contributed by atoms with Crippen LogP contribution in [0.2, 0.25) is 0 Å². The van der Waals surface area contributed by atoms with Crippen molar-refractivity contribution in [1.29, 1.82) is 0 Å². The molecule has 3 aromatic carbocycles. The number of aliphatic hydroxyl groups excluding tert-OH is 1. The fourth-order valence-corrected chi connectivity index (χ4v) is 7.44. The van der Waals surface area contributed by atoms with Crippen LogP contribution < -0.4 is 15.4 Å². The normalized spacial score (nSPS) is 26.2. The summed E-state index contributed by atoms with van der Waals surface area (Å²) in [7, 11) is -3.67.